The lowest BCUT2D eigenvalue weighted by Crippen LogP contribution is -2.65. The van der Waals surface area contributed by atoms with E-state index in [2.05, 4.69) is 4.90 Å². The van der Waals surface area contributed by atoms with Crippen LogP contribution in [-0.2, 0) is 19.1 Å². The maximum absolute atomic E-state index is 12.9. The van der Waals surface area contributed by atoms with Crippen LogP contribution in [0.4, 0.5) is 0 Å². The Morgan fingerprint density at radius 3 is 2.70 bits per heavy atom. The Morgan fingerprint density at radius 1 is 1.35 bits per heavy atom. The molecule has 0 spiro atoms. The minimum absolute atomic E-state index is 0.0634. The van der Waals surface area contributed by atoms with Crippen molar-refractivity contribution in [3.05, 3.63) is 0 Å². The monoisotopic (exact) mass is 281 g/mol. The number of ether oxygens (including phenoxy) is 1. The number of nitrogens with zero attached hydrogens (tertiary/aromatic N) is 1. The van der Waals surface area contributed by atoms with E-state index >= 15 is 0 Å². The number of carbonyl (C=O) groups excluding carboxylic acids is 3. The van der Waals surface area contributed by atoms with Crippen LogP contribution in [0.5, 0.6) is 0 Å². The molecule has 0 aromatic carbocycles. The molecule has 0 N–H and O–H groups in total. The molecule has 2 fully saturated rings. The molecule has 0 radical (unpaired) electrons. The first-order valence-corrected chi connectivity index (χ1v) is 7.43. The van der Waals surface area contributed by atoms with Gasteiger partial charge in [0.05, 0.1) is 6.61 Å². The Bertz CT molecular complexity index is 422. The summed E-state index contributed by atoms with van der Waals surface area (Å²) in [5, 5.41) is 0. The molecular formula is C15H23NO4. The summed E-state index contributed by atoms with van der Waals surface area (Å²) in [7, 11) is 0. The molecule has 20 heavy (non-hydrogen) atoms. The summed E-state index contributed by atoms with van der Waals surface area (Å²) in [6, 6.07) is 0. The fourth-order valence-electron chi connectivity index (χ4n) is 3.80. The van der Waals surface area contributed by atoms with Crippen molar-refractivity contribution < 1.29 is 19.1 Å². The molecule has 1 aliphatic carbocycles. The van der Waals surface area contributed by atoms with E-state index in [4.69, 9.17) is 4.74 Å². The number of hydrogen-bond donors (Lipinski definition) is 0. The summed E-state index contributed by atoms with van der Waals surface area (Å²) in [5.74, 6) is -0.468. The van der Waals surface area contributed by atoms with Crippen molar-refractivity contribution in [1.82, 2.24) is 4.90 Å². The minimum atomic E-state index is -1.05. The van der Waals surface area contributed by atoms with Crippen molar-refractivity contribution in [2.45, 2.75) is 39.5 Å². The van der Waals surface area contributed by atoms with E-state index in [9.17, 15) is 14.4 Å². The van der Waals surface area contributed by atoms with Crippen LogP contribution in [0.25, 0.3) is 0 Å². The zero-order valence-corrected chi connectivity index (χ0v) is 12.3. The summed E-state index contributed by atoms with van der Waals surface area (Å²) in [5.41, 5.74) is -1.73. The van der Waals surface area contributed by atoms with Crippen LogP contribution in [0.2, 0.25) is 0 Å². The lowest BCUT2D eigenvalue weighted by Gasteiger charge is -2.52. The Kier molecular flexibility index (Phi) is 4.28. The third-order valence-electron chi connectivity index (χ3n) is 4.78. The van der Waals surface area contributed by atoms with Gasteiger partial charge in [0.2, 0.25) is 0 Å². The Labute approximate surface area is 119 Å². The van der Waals surface area contributed by atoms with Gasteiger partial charge in [0.1, 0.15) is 11.7 Å². The van der Waals surface area contributed by atoms with Gasteiger partial charge in [-0.2, -0.15) is 0 Å². The third-order valence-corrected chi connectivity index (χ3v) is 4.78. The molecule has 1 saturated carbocycles. The van der Waals surface area contributed by atoms with Gasteiger partial charge in [-0.15, -0.1) is 0 Å². The average Bonchev–Trinajstić information content (AvgIpc) is 2.41. The van der Waals surface area contributed by atoms with Gasteiger partial charge < -0.3 is 14.4 Å². The summed E-state index contributed by atoms with van der Waals surface area (Å²) >= 11 is 0. The van der Waals surface area contributed by atoms with Crippen LogP contribution in [-0.4, -0.2) is 49.2 Å². The van der Waals surface area contributed by atoms with Gasteiger partial charge in [0, 0.05) is 24.9 Å². The molecule has 5 heteroatoms. The maximum Gasteiger partial charge on any atom is 0.320 e. The van der Waals surface area contributed by atoms with Crippen LogP contribution in [0.1, 0.15) is 39.5 Å². The lowest BCUT2D eigenvalue weighted by atomic mass is 9.57. The van der Waals surface area contributed by atoms with Crippen molar-refractivity contribution in [3.8, 4) is 0 Å². The van der Waals surface area contributed by atoms with E-state index in [0.29, 0.717) is 25.9 Å². The molecule has 0 unspecified atom stereocenters. The number of esters is 1. The highest BCUT2D eigenvalue weighted by Crippen LogP contribution is 2.50. The van der Waals surface area contributed by atoms with Crippen molar-refractivity contribution in [2.75, 3.05) is 26.2 Å². The first-order chi connectivity index (χ1) is 9.54. The first-order valence-electron chi connectivity index (χ1n) is 7.43. The van der Waals surface area contributed by atoms with Crippen molar-refractivity contribution in [3.63, 3.8) is 0 Å². The number of Topliss-reactive ketones (excluding diaryl/α,β-unsaturated/α-hetero) is 1. The van der Waals surface area contributed by atoms with Crippen molar-refractivity contribution in [1.29, 1.82) is 0 Å². The predicted octanol–water partition coefficient (Wildman–Crippen LogP) is 1.20. The minimum Gasteiger partial charge on any atom is -0.465 e. The van der Waals surface area contributed by atoms with Crippen LogP contribution in [0.3, 0.4) is 0 Å². The number of piperidine rings is 1. The number of carbonyl (C=O) groups is 3. The molecule has 1 saturated heterocycles. The quantitative estimate of drug-likeness (QED) is 0.430. The largest absolute Gasteiger partial charge is 0.465 e. The highest BCUT2D eigenvalue weighted by molar-refractivity contribution is 6.08. The molecule has 112 valence electrons. The van der Waals surface area contributed by atoms with E-state index in [1.165, 1.54) is 0 Å². The van der Waals surface area contributed by atoms with E-state index in [1.54, 1.807) is 6.92 Å². The summed E-state index contributed by atoms with van der Waals surface area (Å²) in [6.07, 6.45) is 3.07. The third kappa shape index (κ3) is 2.18. The molecule has 0 amide bonds. The molecule has 5 nitrogen and oxygen atoms in total. The van der Waals surface area contributed by atoms with Crippen LogP contribution >= 0.6 is 0 Å². The standard InChI is InChI=1S/C15H23NO4/c1-3-16-10-14(8-9-17)6-5-7-15(11-16,12(14)18)13(19)20-4-2/h9H,3-8,10-11H2,1-2H3/t14-,15+/m0/s1. The number of aldehydes is 1. The van der Waals surface area contributed by atoms with E-state index in [-0.39, 0.29) is 18.8 Å². The normalized spacial score (nSPS) is 33.8. The molecule has 0 aromatic heterocycles. The van der Waals surface area contributed by atoms with Gasteiger partial charge in [-0.25, -0.2) is 0 Å². The fourth-order valence-corrected chi connectivity index (χ4v) is 3.80. The molecule has 2 bridgehead atoms. The zero-order valence-electron chi connectivity index (χ0n) is 12.3. The number of ketones is 1. The van der Waals surface area contributed by atoms with Gasteiger partial charge in [-0.3, -0.25) is 9.59 Å². The van der Waals surface area contributed by atoms with E-state index in [1.807, 2.05) is 6.92 Å². The van der Waals surface area contributed by atoms with E-state index in [0.717, 1.165) is 19.3 Å². The predicted molar refractivity (Wildman–Crippen MR) is 73.2 cm³/mol. The lowest BCUT2D eigenvalue weighted by molar-refractivity contribution is -0.176. The highest BCUT2D eigenvalue weighted by atomic mass is 16.5. The summed E-state index contributed by atoms with van der Waals surface area (Å²) < 4.78 is 5.17. The van der Waals surface area contributed by atoms with E-state index < -0.39 is 16.8 Å². The number of hydrogen-bond acceptors (Lipinski definition) is 5. The highest BCUT2D eigenvalue weighted by Gasteiger charge is 2.61. The molecule has 2 atom stereocenters. The molecular weight excluding hydrogens is 258 g/mol. The zero-order chi connectivity index (χ0) is 14.8. The summed E-state index contributed by atoms with van der Waals surface area (Å²) in [6.45, 7) is 5.83. The van der Waals surface area contributed by atoms with Gasteiger partial charge in [-0.05, 0) is 26.3 Å². The Hall–Kier alpha value is -1.23. The molecule has 2 rings (SSSR count). The van der Waals surface area contributed by atoms with Gasteiger partial charge >= 0.3 is 5.97 Å². The number of rotatable bonds is 5. The molecule has 1 heterocycles. The second-order valence-electron chi connectivity index (χ2n) is 5.94. The van der Waals surface area contributed by atoms with Crippen molar-refractivity contribution >= 4 is 18.0 Å². The fraction of sp³-hybridized carbons (Fsp3) is 0.800. The SMILES string of the molecule is CCOC(=O)[C@]12CCC[C@](CC=O)(CN(CC)C1)C2=O. The summed E-state index contributed by atoms with van der Waals surface area (Å²) in [4.78, 5) is 38.5. The topological polar surface area (TPSA) is 63.7 Å². The van der Waals surface area contributed by atoms with Crippen LogP contribution in [0.15, 0.2) is 0 Å². The van der Waals surface area contributed by atoms with Gasteiger partial charge in [0.15, 0.2) is 5.78 Å². The van der Waals surface area contributed by atoms with Gasteiger partial charge in [0.25, 0.3) is 0 Å². The second kappa shape index (κ2) is 5.64. The second-order valence-corrected chi connectivity index (χ2v) is 5.94. The van der Waals surface area contributed by atoms with Crippen molar-refractivity contribution in [2.24, 2.45) is 10.8 Å². The molecule has 1 aliphatic heterocycles. The van der Waals surface area contributed by atoms with Crippen LogP contribution in [0, 0.1) is 10.8 Å². The van der Waals surface area contributed by atoms with Gasteiger partial charge in [-0.1, -0.05) is 13.3 Å². The maximum atomic E-state index is 12.9. The number of likely N-dealkylation sites (tertiary alicyclic amines) is 1. The number of fused-ring (bicyclic) bond motifs is 2. The first kappa shape index (κ1) is 15.2. The average molecular weight is 281 g/mol. The molecule has 2 aliphatic rings. The molecule has 0 aromatic rings. The van der Waals surface area contributed by atoms with Crippen LogP contribution < -0.4 is 0 Å². The smallest absolute Gasteiger partial charge is 0.320 e. The Balaban J connectivity index is 2.40. The Morgan fingerprint density at radius 2 is 2.10 bits per heavy atom.